The van der Waals surface area contributed by atoms with E-state index in [1.165, 1.54) is 0 Å². The van der Waals surface area contributed by atoms with Gasteiger partial charge in [0.1, 0.15) is 13.2 Å². The Labute approximate surface area is 154 Å². The fourth-order valence-corrected chi connectivity index (χ4v) is 3.45. The van der Waals surface area contributed by atoms with E-state index in [0.717, 1.165) is 25.9 Å². The van der Waals surface area contributed by atoms with Crippen molar-refractivity contribution in [2.24, 2.45) is 5.92 Å². The Bertz CT molecular complexity index is 645. The smallest absolute Gasteiger partial charge is 0.223 e. The molecule has 0 radical (unpaired) electrons. The number of hydrogen-bond acceptors (Lipinski definition) is 5. The second kappa shape index (κ2) is 9.03. The zero-order chi connectivity index (χ0) is 18.4. The highest BCUT2D eigenvalue weighted by atomic mass is 16.6. The van der Waals surface area contributed by atoms with Crippen molar-refractivity contribution >= 4 is 11.7 Å². The summed E-state index contributed by atoms with van der Waals surface area (Å²) in [5, 5.41) is 0. The Morgan fingerprint density at radius 1 is 1.19 bits per heavy atom. The first-order valence-electron chi connectivity index (χ1n) is 9.45. The van der Waals surface area contributed by atoms with Crippen LogP contribution >= 0.6 is 0 Å². The molecule has 2 aliphatic rings. The summed E-state index contributed by atoms with van der Waals surface area (Å²) in [6.45, 7) is 5.91. The topological polar surface area (TPSA) is 65.1 Å². The normalized spacial score (nSPS) is 19.3. The molecule has 3 rings (SSSR count). The zero-order valence-electron chi connectivity index (χ0n) is 15.4. The predicted molar refractivity (Wildman–Crippen MR) is 96.8 cm³/mol. The summed E-state index contributed by atoms with van der Waals surface area (Å²) < 4.78 is 16.5. The van der Waals surface area contributed by atoms with Gasteiger partial charge in [-0.2, -0.15) is 0 Å². The molecular weight excluding hydrogens is 334 g/mol. The standard InChI is InChI=1S/C20H27NO5/c1-2-24-14-15-4-3-9-21(13-15)20(23)8-6-17(22)16-5-7-18-19(12-16)26-11-10-25-18/h5,7,12,15H,2-4,6,8-11,13-14H2,1H3. The number of hydrogen-bond donors (Lipinski definition) is 0. The van der Waals surface area contributed by atoms with Crippen LogP contribution in [0.25, 0.3) is 0 Å². The molecule has 26 heavy (non-hydrogen) atoms. The molecule has 1 atom stereocenters. The molecule has 1 aromatic carbocycles. The van der Waals surface area contributed by atoms with Crippen molar-refractivity contribution < 1.29 is 23.8 Å². The summed E-state index contributed by atoms with van der Waals surface area (Å²) in [6, 6.07) is 5.20. The summed E-state index contributed by atoms with van der Waals surface area (Å²) in [7, 11) is 0. The van der Waals surface area contributed by atoms with E-state index in [4.69, 9.17) is 14.2 Å². The number of likely N-dealkylation sites (tertiary alicyclic amines) is 1. The molecule has 0 aromatic heterocycles. The van der Waals surface area contributed by atoms with Gasteiger partial charge in [-0.05, 0) is 43.9 Å². The highest BCUT2D eigenvalue weighted by molar-refractivity contribution is 5.98. The van der Waals surface area contributed by atoms with Crippen LogP contribution in [-0.2, 0) is 9.53 Å². The molecule has 1 fully saturated rings. The van der Waals surface area contributed by atoms with Crippen LogP contribution in [0.3, 0.4) is 0 Å². The molecule has 6 nitrogen and oxygen atoms in total. The molecule has 142 valence electrons. The fourth-order valence-electron chi connectivity index (χ4n) is 3.45. The molecule has 0 N–H and O–H groups in total. The van der Waals surface area contributed by atoms with E-state index in [9.17, 15) is 9.59 Å². The van der Waals surface area contributed by atoms with Gasteiger partial charge in [-0.1, -0.05) is 0 Å². The second-order valence-electron chi connectivity index (χ2n) is 6.79. The largest absolute Gasteiger partial charge is 0.486 e. The SMILES string of the molecule is CCOCC1CCCN(C(=O)CCC(=O)c2ccc3c(c2)OCCO3)C1. The molecule has 1 aromatic rings. The maximum Gasteiger partial charge on any atom is 0.223 e. The number of amides is 1. The lowest BCUT2D eigenvalue weighted by Gasteiger charge is -2.32. The summed E-state index contributed by atoms with van der Waals surface area (Å²) in [6.07, 6.45) is 2.55. The van der Waals surface area contributed by atoms with Crippen molar-refractivity contribution in [2.75, 3.05) is 39.5 Å². The quantitative estimate of drug-likeness (QED) is 0.699. The van der Waals surface area contributed by atoms with E-state index >= 15 is 0 Å². The Balaban J connectivity index is 1.50. The number of nitrogens with zero attached hydrogens (tertiary/aromatic N) is 1. The average Bonchev–Trinajstić information content (AvgIpc) is 2.70. The second-order valence-corrected chi connectivity index (χ2v) is 6.79. The van der Waals surface area contributed by atoms with Crippen LogP contribution in [0.2, 0.25) is 0 Å². The lowest BCUT2D eigenvalue weighted by Crippen LogP contribution is -2.41. The van der Waals surface area contributed by atoms with Crippen LogP contribution in [-0.4, -0.2) is 56.1 Å². The molecule has 0 saturated carbocycles. The van der Waals surface area contributed by atoms with Gasteiger partial charge in [-0.3, -0.25) is 9.59 Å². The van der Waals surface area contributed by atoms with E-state index in [0.29, 0.717) is 49.4 Å². The highest BCUT2D eigenvalue weighted by Crippen LogP contribution is 2.31. The first-order valence-corrected chi connectivity index (χ1v) is 9.45. The van der Waals surface area contributed by atoms with Gasteiger partial charge in [0, 0.05) is 38.1 Å². The molecule has 0 aliphatic carbocycles. The number of ketones is 1. The minimum Gasteiger partial charge on any atom is -0.486 e. The maximum atomic E-state index is 12.5. The van der Waals surface area contributed by atoms with Gasteiger partial charge < -0.3 is 19.1 Å². The number of carbonyl (C=O) groups excluding carboxylic acids is 2. The molecule has 0 spiro atoms. The van der Waals surface area contributed by atoms with E-state index < -0.39 is 0 Å². The third-order valence-corrected chi connectivity index (χ3v) is 4.86. The average molecular weight is 361 g/mol. The number of carbonyl (C=O) groups is 2. The van der Waals surface area contributed by atoms with Crippen LogP contribution in [0.15, 0.2) is 18.2 Å². The van der Waals surface area contributed by atoms with Gasteiger partial charge in [0.25, 0.3) is 0 Å². The van der Waals surface area contributed by atoms with Crippen LogP contribution in [0.5, 0.6) is 11.5 Å². The van der Waals surface area contributed by atoms with Crippen LogP contribution in [0.1, 0.15) is 43.0 Å². The minimum absolute atomic E-state index is 0.0433. The molecular formula is C20H27NO5. The number of Topliss-reactive ketones (excluding diaryl/α,β-unsaturated/α-hetero) is 1. The third kappa shape index (κ3) is 4.75. The monoisotopic (exact) mass is 361 g/mol. The molecule has 1 unspecified atom stereocenters. The van der Waals surface area contributed by atoms with Crippen LogP contribution < -0.4 is 9.47 Å². The van der Waals surface area contributed by atoms with Gasteiger partial charge in [0.05, 0.1) is 6.61 Å². The van der Waals surface area contributed by atoms with Crippen LogP contribution in [0.4, 0.5) is 0 Å². The summed E-state index contributed by atoms with van der Waals surface area (Å²) in [4.78, 5) is 26.8. The lowest BCUT2D eigenvalue weighted by molar-refractivity contribution is -0.133. The van der Waals surface area contributed by atoms with Crippen molar-refractivity contribution in [1.82, 2.24) is 4.90 Å². The third-order valence-electron chi connectivity index (χ3n) is 4.86. The van der Waals surface area contributed by atoms with Gasteiger partial charge in [0.2, 0.25) is 5.91 Å². The number of benzene rings is 1. The van der Waals surface area contributed by atoms with Crippen molar-refractivity contribution in [2.45, 2.75) is 32.6 Å². The zero-order valence-corrected chi connectivity index (χ0v) is 15.4. The Kier molecular flexibility index (Phi) is 6.50. The maximum absolute atomic E-state index is 12.5. The summed E-state index contributed by atoms with van der Waals surface area (Å²) in [5.74, 6) is 1.68. The van der Waals surface area contributed by atoms with Gasteiger partial charge in [0.15, 0.2) is 17.3 Å². The van der Waals surface area contributed by atoms with Gasteiger partial charge in [-0.25, -0.2) is 0 Å². The first-order chi connectivity index (χ1) is 12.7. The number of piperidine rings is 1. The van der Waals surface area contributed by atoms with Crippen molar-refractivity contribution in [1.29, 1.82) is 0 Å². The Hall–Kier alpha value is -2.08. The first kappa shape index (κ1) is 18.7. The number of rotatable bonds is 7. The molecule has 2 aliphatic heterocycles. The predicted octanol–water partition coefficient (Wildman–Crippen LogP) is 2.70. The van der Waals surface area contributed by atoms with Gasteiger partial charge in [-0.15, -0.1) is 0 Å². The molecule has 6 heteroatoms. The molecule has 1 saturated heterocycles. The fraction of sp³-hybridized carbons (Fsp3) is 0.600. The Morgan fingerprint density at radius 3 is 2.81 bits per heavy atom. The molecule has 1 amide bonds. The van der Waals surface area contributed by atoms with Crippen LogP contribution in [0, 0.1) is 5.92 Å². The lowest BCUT2D eigenvalue weighted by atomic mass is 9.98. The number of fused-ring (bicyclic) bond motifs is 1. The molecule has 0 bridgehead atoms. The van der Waals surface area contributed by atoms with E-state index in [-0.39, 0.29) is 24.5 Å². The minimum atomic E-state index is -0.0433. The van der Waals surface area contributed by atoms with Crippen molar-refractivity contribution in [3.8, 4) is 11.5 Å². The van der Waals surface area contributed by atoms with E-state index in [1.54, 1.807) is 18.2 Å². The van der Waals surface area contributed by atoms with Crippen molar-refractivity contribution in [3.05, 3.63) is 23.8 Å². The van der Waals surface area contributed by atoms with E-state index in [1.807, 2.05) is 11.8 Å². The number of ether oxygens (including phenoxy) is 3. The summed E-state index contributed by atoms with van der Waals surface area (Å²) >= 11 is 0. The van der Waals surface area contributed by atoms with Gasteiger partial charge >= 0.3 is 0 Å². The Morgan fingerprint density at radius 2 is 2.00 bits per heavy atom. The molecule has 2 heterocycles. The van der Waals surface area contributed by atoms with E-state index in [2.05, 4.69) is 0 Å². The summed E-state index contributed by atoms with van der Waals surface area (Å²) in [5.41, 5.74) is 0.565. The highest BCUT2D eigenvalue weighted by Gasteiger charge is 2.24. The van der Waals surface area contributed by atoms with Crippen molar-refractivity contribution in [3.63, 3.8) is 0 Å².